The number of aromatic nitrogens is 4. The number of rotatable bonds is 3. The highest BCUT2D eigenvalue weighted by molar-refractivity contribution is 5.86. The molecule has 156 valence electrons. The van der Waals surface area contributed by atoms with Crippen molar-refractivity contribution in [2.24, 2.45) is 0 Å². The van der Waals surface area contributed by atoms with Crippen LogP contribution in [0.1, 0.15) is 30.1 Å². The topological polar surface area (TPSA) is 103 Å². The van der Waals surface area contributed by atoms with E-state index in [-0.39, 0.29) is 0 Å². The van der Waals surface area contributed by atoms with E-state index in [0.717, 1.165) is 0 Å². The largest absolute Gasteiger partial charge is 0.481 e. The minimum absolute atomic E-state index is 0.421. The van der Waals surface area contributed by atoms with Gasteiger partial charge in [0.25, 0.3) is 0 Å². The third kappa shape index (κ3) is 3.29. The summed E-state index contributed by atoms with van der Waals surface area (Å²) in [6, 6.07) is 5.25. The minimum atomic E-state index is -2.14. The molecule has 4 rings (SSSR count). The summed E-state index contributed by atoms with van der Waals surface area (Å²) in [5, 5.41) is 20.3. The van der Waals surface area contributed by atoms with Crippen LogP contribution in [0.25, 0.3) is 11.0 Å². The first-order valence-corrected chi connectivity index (χ1v) is 9.35. The molecular weight excluding hydrogens is 391 g/mol. The quantitative estimate of drug-likeness (QED) is 0.629. The van der Waals surface area contributed by atoms with E-state index in [1.165, 1.54) is 24.9 Å². The van der Waals surface area contributed by atoms with Gasteiger partial charge in [0.1, 0.15) is 29.9 Å². The van der Waals surface area contributed by atoms with Crippen LogP contribution in [0.2, 0.25) is 0 Å². The molecule has 3 aromatic heterocycles. The Labute approximate surface area is 172 Å². The van der Waals surface area contributed by atoms with Gasteiger partial charge in [0, 0.05) is 12.3 Å². The molecule has 0 aliphatic carbocycles. The summed E-state index contributed by atoms with van der Waals surface area (Å²) in [4.78, 5) is 12.8. The Bertz CT molecular complexity index is 1150. The van der Waals surface area contributed by atoms with Crippen LogP contribution < -0.4 is 4.74 Å². The lowest BCUT2D eigenvalue weighted by molar-refractivity contribution is -0.0564. The van der Waals surface area contributed by atoms with Gasteiger partial charge in [0.15, 0.2) is 11.9 Å². The molecule has 0 amide bonds. The van der Waals surface area contributed by atoms with Gasteiger partial charge in [0.05, 0.1) is 30.4 Å². The summed E-state index contributed by atoms with van der Waals surface area (Å²) in [6.45, 7) is 2.54. The van der Waals surface area contributed by atoms with Crippen molar-refractivity contribution in [3.63, 3.8) is 0 Å². The maximum absolute atomic E-state index is 15.4. The summed E-state index contributed by atoms with van der Waals surface area (Å²) in [5.74, 6) is 6.46. The fraction of sp³-hybridized carbons (Fsp3) is 0.381. The standard InChI is InChI=1S/C21H21FN4O4/c1-12-17-13(7-8-14-5-4-6-16(25-14)29-3)9-26(19(17)24-11-23-12)20-21(2,22)18(28)15(10-27)30-20/h4-6,9,11,15,18,20,27-28H,10H2,1-3H3/t15-,18-,20-,21-/m1/s1. The van der Waals surface area contributed by atoms with Gasteiger partial charge in [-0.3, -0.25) is 0 Å². The Balaban J connectivity index is 1.83. The van der Waals surface area contributed by atoms with E-state index < -0.39 is 30.7 Å². The summed E-state index contributed by atoms with van der Waals surface area (Å²) < 4.78 is 27.6. The molecule has 0 unspecified atom stereocenters. The first-order chi connectivity index (χ1) is 14.4. The number of aliphatic hydroxyl groups is 2. The first kappa shape index (κ1) is 20.2. The maximum atomic E-state index is 15.4. The van der Waals surface area contributed by atoms with Crippen molar-refractivity contribution in [1.82, 2.24) is 19.5 Å². The number of fused-ring (bicyclic) bond motifs is 1. The number of aliphatic hydroxyl groups excluding tert-OH is 2. The molecule has 1 aliphatic heterocycles. The monoisotopic (exact) mass is 412 g/mol. The molecule has 1 saturated heterocycles. The third-order valence-electron chi connectivity index (χ3n) is 5.21. The SMILES string of the molecule is COc1cccc(C#Cc2cn([C@@H]3O[C@H](CO)[C@@H](O)[C@@]3(C)F)c3ncnc(C)c23)n1. The van der Waals surface area contributed by atoms with Crippen molar-refractivity contribution >= 4 is 11.0 Å². The van der Waals surface area contributed by atoms with Crippen molar-refractivity contribution in [3.8, 4) is 17.7 Å². The molecule has 2 N–H and O–H groups in total. The second kappa shape index (κ2) is 7.65. The van der Waals surface area contributed by atoms with Crippen LogP contribution in [0, 0.1) is 18.8 Å². The number of halogens is 1. The Morgan fingerprint density at radius 2 is 2.13 bits per heavy atom. The van der Waals surface area contributed by atoms with Gasteiger partial charge in [-0.1, -0.05) is 12.0 Å². The molecule has 1 aliphatic rings. The number of nitrogens with zero attached hydrogens (tertiary/aromatic N) is 4. The average Bonchev–Trinajstić information content (AvgIpc) is 3.22. The molecule has 0 spiro atoms. The smallest absolute Gasteiger partial charge is 0.214 e. The fourth-order valence-corrected chi connectivity index (χ4v) is 3.60. The van der Waals surface area contributed by atoms with Crippen LogP contribution in [0.5, 0.6) is 5.88 Å². The first-order valence-electron chi connectivity index (χ1n) is 9.35. The molecular formula is C21H21FN4O4. The van der Waals surface area contributed by atoms with E-state index in [9.17, 15) is 10.2 Å². The van der Waals surface area contributed by atoms with Gasteiger partial charge in [0.2, 0.25) is 5.88 Å². The number of ether oxygens (including phenoxy) is 2. The highest BCUT2D eigenvalue weighted by Crippen LogP contribution is 2.43. The van der Waals surface area contributed by atoms with Gasteiger partial charge in [-0.15, -0.1) is 0 Å². The molecule has 0 radical (unpaired) electrons. The fourth-order valence-electron chi connectivity index (χ4n) is 3.60. The van der Waals surface area contributed by atoms with E-state index in [4.69, 9.17) is 9.47 Å². The number of hydrogen-bond donors (Lipinski definition) is 2. The Kier molecular flexibility index (Phi) is 5.15. The Morgan fingerprint density at radius 1 is 1.33 bits per heavy atom. The molecule has 4 heterocycles. The Hall–Kier alpha value is -3.06. The second-order valence-corrected chi connectivity index (χ2v) is 7.23. The molecule has 0 aromatic carbocycles. The van der Waals surface area contributed by atoms with Crippen molar-refractivity contribution < 1.29 is 24.1 Å². The molecule has 4 atom stereocenters. The van der Waals surface area contributed by atoms with Crippen LogP contribution >= 0.6 is 0 Å². The highest BCUT2D eigenvalue weighted by atomic mass is 19.1. The van der Waals surface area contributed by atoms with Crippen molar-refractivity contribution in [3.05, 3.63) is 47.7 Å². The lowest BCUT2D eigenvalue weighted by Crippen LogP contribution is -2.40. The minimum Gasteiger partial charge on any atom is -0.481 e. The van der Waals surface area contributed by atoms with Gasteiger partial charge in [-0.25, -0.2) is 19.3 Å². The molecule has 3 aromatic rings. The number of methoxy groups -OCH3 is 1. The predicted molar refractivity (Wildman–Crippen MR) is 106 cm³/mol. The van der Waals surface area contributed by atoms with Gasteiger partial charge < -0.3 is 24.3 Å². The van der Waals surface area contributed by atoms with E-state index in [0.29, 0.717) is 33.9 Å². The summed E-state index contributed by atoms with van der Waals surface area (Å²) >= 11 is 0. The lowest BCUT2D eigenvalue weighted by Gasteiger charge is -2.25. The molecule has 1 fully saturated rings. The zero-order valence-electron chi connectivity index (χ0n) is 16.7. The van der Waals surface area contributed by atoms with Gasteiger partial charge in [-0.05, 0) is 25.8 Å². The zero-order valence-corrected chi connectivity index (χ0v) is 16.7. The number of pyridine rings is 1. The van der Waals surface area contributed by atoms with E-state index in [2.05, 4.69) is 26.8 Å². The summed E-state index contributed by atoms with van der Waals surface area (Å²) in [6.07, 6.45) is -0.718. The van der Waals surface area contributed by atoms with Crippen molar-refractivity contribution in [1.29, 1.82) is 0 Å². The van der Waals surface area contributed by atoms with Crippen LogP contribution in [0.3, 0.4) is 0 Å². The second-order valence-electron chi connectivity index (χ2n) is 7.23. The number of aryl methyl sites for hydroxylation is 1. The van der Waals surface area contributed by atoms with E-state index >= 15 is 4.39 Å². The van der Waals surface area contributed by atoms with E-state index in [1.54, 1.807) is 31.3 Å². The highest BCUT2D eigenvalue weighted by Gasteiger charge is 2.55. The van der Waals surface area contributed by atoms with E-state index in [1.807, 2.05) is 0 Å². The van der Waals surface area contributed by atoms with Crippen molar-refractivity contribution in [2.45, 2.75) is 38.0 Å². The zero-order chi connectivity index (χ0) is 21.5. The third-order valence-corrected chi connectivity index (χ3v) is 5.21. The van der Waals surface area contributed by atoms with Crippen LogP contribution in [0.15, 0.2) is 30.7 Å². The Morgan fingerprint density at radius 3 is 2.83 bits per heavy atom. The summed E-state index contributed by atoms with van der Waals surface area (Å²) in [5.41, 5.74) is 0.0172. The summed E-state index contributed by atoms with van der Waals surface area (Å²) in [7, 11) is 1.53. The molecule has 0 bridgehead atoms. The average molecular weight is 412 g/mol. The van der Waals surface area contributed by atoms with Crippen molar-refractivity contribution in [2.75, 3.05) is 13.7 Å². The van der Waals surface area contributed by atoms with Gasteiger partial charge in [-0.2, -0.15) is 0 Å². The predicted octanol–water partition coefficient (Wildman–Crippen LogP) is 1.52. The van der Waals surface area contributed by atoms with Crippen LogP contribution in [0.4, 0.5) is 4.39 Å². The number of hydrogen-bond acceptors (Lipinski definition) is 7. The maximum Gasteiger partial charge on any atom is 0.214 e. The lowest BCUT2D eigenvalue weighted by atomic mass is 9.98. The molecule has 0 saturated carbocycles. The normalized spacial score (nSPS) is 25.9. The van der Waals surface area contributed by atoms with Crippen LogP contribution in [-0.4, -0.2) is 61.3 Å². The van der Waals surface area contributed by atoms with Crippen LogP contribution in [-0.2, 0) is 4.74 Å². The molecule has 30 heavy (non-hydrogen) atoms. The molecule has 9 heteroatoms. The number of alkyl halides is 1. The molecule has 8 nitrogen and oxygen atoms in total. The van der Waals surface area contributed by atoms with Gasteiger partial charge >= 0.3 is 0 Å².